The van der Waals surface area contributed by atoms with E-state index in [0.717, 1.165) is 0 Å². The molecule has 0 aliphatic heterocycles. The fourth-order valence-corrected chi connectivity index (χ4v) is 0. The minimum Gasteiger partial charge on any atom is -0.764 e. The molecule has 0 bridgehead atoms. The van der Waals surface area contributed by atoms with Gasteiger partial charge < -0.3 is 10.3 Å². The van der Waals surface area contributed by atoms with Gasteiger partial charge in [0.2, 0.25) is 0 Å². The maximum absolute atomic E-state index is 7.21. The van der Waals surface area contributed by atoms with Gasteiger partial charge in [-0.1, -0.05) is 6.58 Å². The minimum atomic E-state index is 0. The second kappa shape index (κ2) is 38.4. The summed E-state index contributed by atoms with van der Waals surface area (Å²) >= 11 is 0. The van der Waals surface area contributed by atoms with Crippen molar-refractivity contribution in [1.82, 2.24) is 0 Å². The Morgan fingerprint density at radius 1 is 1.67 bits per heavy atom. The van der Waals surface area contributed by atoms with Crippen LogP contribution in [0.1, 0.15) is 0 Å². The van der Waals surface area contributed by atoms with E-state index in [1.165, 1.54) is 15.3 Å². The van der Waals surface area contributed by atoms with Gasteiger partial charge in [-0.05, 0) is 9.47 Å². The van der Waals surface area contributed by atoms with Crippen LogP contribution in [-0.4, -0.2) is 10.8 Å². The third-order valence-electron chi connectivity index (χ3n) is 0. The standard InChI is InChI=1S/C2H2N.H3OP.Y/c1-2-3;1-2;/h1H2;1H,2H2;/q-1;;. The maximum atomic E-state index is 7.21. The molecule has 1 atom stereocenters. The Morgan fingerprint density at radius 2 is 1.67 bits per heavy atom. The largest absolute Gasteiger partial charge is 0.764 e. The van der Waals surface area contributed by atoms with Gasteiger partial charge in [0.1, 0.15) is 0 Å². The zero-order valence-electron chi connectivity index (χ0n) is 3.26. The van der Waals surface area contributed by atoms with Crippen molar-refractivity contribution < 1.29 is 37.6 Å². The summed E-state index contributed by atoms with van der Waals surface area (Å²) in [5.41, 5.74) is 0. The normalized spacial score (nSPS) is 2.33. The first kappa shape index (κ1) is 15.8. The van der Waals surface area contributed by atoms with E-state index in [4.69, 9.17) is 10.3 Å². The van der Waals surface area contributed by atoms with E-state index in [9.17, 15) is 0 Å². The summed E-state index contributed by atoms with van der Waals surface area (Å²) < 4.78 is 0. The van der Waals surface area contributed by atoms with Crippen molar-refractivity contribution >= 4 is 15.3 Å². The van der Waals surface area contributed by atoms with E-state index in [-0.39, 0.29) is 32.7 Å². The van der Waals surface area contributed by atoms with Gasteiger partial charge in [0.15, 0.2) is 0 Å². The van der Waals surface area contributed by atoms with Crippen molar-refractivity contribution in [3.63, 3.8) is 0 Å². The van der Waals surface area contributed by atoms with Crippen LogP contribution in [0.15, 0.2) is 6.58 Å². The Balaban J connectivity index is -0.0000000275. The average Bonchev–Trinajstić information content (AvgIpc) is 1.46. The Kier molecular flexibility index (Phi) is 101. The van der Waals surface area contributed by atoms with Gasteiger partial charge in [-0.2, -0.15) is 0 Å². The molecule has 0 rings (SSSR count). The molecule has 0 aromatic carbocycles. The molecule has 0 saturated carbocycles. The van der Waals surface area contributed by atoms with Crippen molar-refractivity contribution in [3.05, 3.63) is 12.0 Å². The molecule has 0 aromatic rings. The summed E-state index contributed by atoms with van der Waals surface area (Å²) in [6, 6.07) is 0. The van der Waals surface area contributed by atoms with Crippen LogP contribution in [0.4, 0.5) is 0 Å². The Morgan fingerprint density at radius 3 is 1.67 bits per heavy atom. The van der Waals surface area contributed by atoms with Gasteiger partial charge in [-0.3, -0.25) is 5.87 Å². The Labute approximate surface area is 64.7 Å². The van der Waals surface area contributed by atoms with Crippen LogP contribution in [0, 0.1) is 0 Å². The van der Waals surface area contributed by atoms with Crippen LogP contribution in [0.3, 0.4) is 0 Å². The SMILES string of the molecule is C=C=[N-].OP.[Y]. The molecule has 0 heterocycles. The van der Waals surface area contributed by atoms with Gasteiger partial charge >= 0.3 is 0 Å². The van der Waals surface area contributed by atoms with Crippen LogP contribution >= 0.6 is 9.47 Å². The number of nitrogens with zero attached hydrogens (tertiary/aromatic N) is 1. The molecule has 4 heteroatoms. The van der Waals surface area contributed by atoms with Crippen molar-refractivity contribution in [3.8, 4) is 0 Å². The predicted octanol–water partition coefficient (Wildman–Crippen LogP) is 0.178. The predicted molar refractivity (Wildman–Crippen MR) is 25.9 cm³/mol. The van der Waals surface area contributed by atoms with Crippen molar-refractivity contribution in [2.75, 3.05) is 0 Å². The second-order valence-electron chi connectivity index (χ2n) is 0.158. The zero-order chi connectivity index (χ0) is 4.71. The van der Waals surface area contributed by atoms with E-state index in [0.29, 0.717) is 0 Å². The first-order valence-electron chi connectivity index (χ1n) is 0.835. The number of hydrogen-bond acceptors (Lipinski definition) is 1. The Bertz CT molecular complexity index is 34.5. The summed E-state index contributed by atoms with van der Waals surface area (Å²) in [4.78, 5) is 6.92. The van der Waals surface area contributed by atoms with Crippen LogP contribution < -0.4 is 0 Å². The monoisotopic (exact) mass is 179 g/mol. The molecule has 0 aliphatic carbocycles. The van der Waals surface area contributed by atoms with Gasteiger partial charge in [0, 0.05) is 32.7 Å². The maximum Gasteiger partial charge on any atom is 0 e. The summed E-state index contributed by atoms with van der Waals surface area (Å²) in [6.45, 7) is 2.79. The first-order chi connectivity index (χ1) is 2.41. The van der Waals surface area contributed by atoms with E-state index in [1.54, 1.807) is 0 Å². The van der Waals surface area contributed by atoms with Crippen LogP contribution in [-0.2, 0) is 32.7 Å². The van der Waals surface area contributed by atoms with Crippen molar-refractivity contribution in [2.45, 2.75) is 0 Å². The van der Waals surface area contributed by atoms with Gasteiger partial charge in [-0.15, -0.1) is 0 Å². The van der Waals surface area contributed by atoms with E-state index >= 15 is 0 Å². The van der Waals surface area contributed by atoms with Crippen molar-refractivity contribution in [2.24, 2.45) is 0 Å². The molecule has 1 radical (unpaired) electrons. The Hall–Kier alpha value is 0.944. The molecule has 0 aromatic heterocycles. The first-order valence-corrected chi connectivity index (χ1v) is 1.35. The summed E-state index contributed by atoms with van der Waals surface area (Å²) in [5, 5.41) is 7.21. The molecule has 0 fully saturated rings. The topological polar surface area (TPSA) is 42.5 Å². The molecule has 0 amide bonds. The molecule has 1 N–H and O–H groups in total. The summed E-state index contributed by atoms with van der Waals surface area (Å²) in [6.07, 6.45) is 0. The van der Waals surface area contributed by atoms with Gasteiger partial charge in [0.25, 0.3) is 0 Å². The molecular formula is C2H5NOPY-. The van der Waals surface area contributed by atoms with Crippen LogP contribution in [0.25, 0.3) is 5.41 Å². The molecule has 0 saturated heterocycles. The molecule has 6 heavy (non-hydrogen) atoms. The number of rotatable bonds is 0. The van der Waals surface area contributed by atoms with Gasteiger partial charge in [0.05, 0.1) is 0 Å². The quantitative estimate of drug-likeness (QED) is 0.418. The zero-order valence-corrected chi connectivity index (χ0v) is 7.25. The fraction of sp³-hybridized carbons (Fsp3) is 0. The van der Waals surface area contributed by atoms with E-state index in [1.807, 2.05) is 0 Å². The second-order valence-corrected chi connectivity index (χ2v) is 0.158. The minimum absolute atomic E-state index is 0. The third-order valence-corrected chi connectivity index (χ3v) is 0. The fourth-order valence-electron chi connectivity index (χ4n) is 0. The average molecular weight is 179 g/mol. The molecule has 2 nitrogen and oxygen atoms in total. The molecule has 1 unspecified atom stereocenters. The van der Waals surface area contributed by atoms with E-state index < -0.39 is 0 Å². The van der Waals surface area contributed by atoms with Gasteiger partial charge in [-0.25, -0.2) is 0 Å². The molecule has 33 valence electrons. The summed E-state index contributed by atoms with van der Waals surface area (Å²) in [7, 11) is 1.42. The number of hydrogen-bond donors (Lipinski definition) is 1. The molecular weight excluding hydrogens is 174 g/mol. The third kappa shape index (κ3) is 86.3. The van der Waals surface area contributed by atoms with Crippen LogP contribution in [0.5, 0.6) is 0 Å². The smallest absolute Gasteiger partial charge is 0 e. The van der Waals surface area contributed by atoms with E-state index in [2.05, 4.69) is 6.58 Å². The molecule has 0 aliphatic rings. The molecule has 0 spiro atoms. The van der Waals surface area contributed by atoms with Crippen LogP contribution in [0.2, 0.25) is 0 Å². The van der Waals surface area contributed by atoms with Crippen molar-refractivity contribution in [1.29, 1.82) is 0 Å². The summed E-state index contributed by atoms with van der Waals surface area (Å²) in [5.74, 6) is 1.50.